The van der Waals surface area contributed by atoms with Gasteiger partial charge in [0.1, 0.15) is 15.5 Å². The largest absolute Gasteiger partial charge is 0.481 e. The Bertz CT molecular complexity index is 1020. The first kappa shape index (κ1) is 22.1. The fourth-order valence-electron chi connectivity index (χ4n) is 4.33. The molecule has 0 bridgehead atoms. The number of ether oxygens (including phenoxy) is 1. The Morgan fingerprint density at radius 1 is 0.935 bits per heavy atom. The van der Waals surface area contributed by atoms with Gasteiger partial charge in [-0.2, -0.15) is 0 Å². The van der Waals surface area contributed by atoms with E-state index in [0.29, 0.717) is 43.2 Å². The fraction of sp³-hybridized carbons (Fsp3) is 0.429. The minimum Gasteiger partial charge on any atom is -0.481 e. The third-order valence-corrected chi connectivity index (χ3v) is 6.80. The van der Waals surface area contributed by atoms with Gasteiger partial charge >= 0.3 is 0 Å². The van der Waals surface area contributed by atoms with Crippen molar-refractivity contribution in [3.05, 3.63) is 50.9 Å². The van der Waals surface area contributed by atoms with Crippen molar-refractivity contribution in [2.24, 2.45) is 5.41 Å². The number of methoxy groups -OCH3 is 1. The van der Waals surface area contributed by atoms with Crippen LogP contribution in [0.25, 0.3) is 0 Å². The molecule has 0 saturated carbocycles. The molecule has 0 aromatic carbocycles. The maximum atomic E-state index is 12.9. The summed E-state index contributed by atoms with van der Waals surface area (Å²) >= 11 is 18.0. The SMILES string of the molecule is COc1cc(C(=O)N2CCC3(CC2)CCN(C(=O)c2ccc(Cl)nc2Cl)C3)cc(Cl)n1. The number of likely N-dealkylation sites (tertiary alicyclic amines) is 2. The third kappa shape index (κ3) is 4.59. The number of carbonyl (C=O) groups is 2. The first-order valence-corrected chi connectivity index (χ1v) is 11.1. The van der Waals surface area contributed by atoms with E-state index in [2.05, 4.69) is 9.97 Å². The molecule has 2 aromatic heterocycles. The van der Waals surface area contributed by atoms with Gasteiger partial charge in [0.15, 0.2) is 0 Å². The van der Waals surface area contributed by atoms with E-state index >= 15 is 0 Å². The Hall–Kier alpha value is -2.09. The maximum absolute atomic E-state index is 12.9. The van der Waals surface area contributed by atoms with E-state index in [1.54, 1.807) is 24.3 Å². The minimum absolute atomic E-state index is 0.00630. The van der Waals surface area contributed by atoms with Gasteiger partial charge in [-0.25, -0.2) is 9.97 Å². The molecule has 4 rings (SSSR count). The van der Waals surface area contributed by atoms with Gasteiger partial charge in [-0.15, -0.1) is 0 Å². The lowest BCUT2D eigenvalue weighted by atomic mass is 9.77. The van der Waals surface area contributed by atoms with E-state index in [1.165, 1.54) is 7.11 Å². The summed E-state index contributed by atoms with van der Waals surface area (Å²) in [5.41, 5.74) is 0.826. The minimum atomic E-state index is -0.136. The summed E-state index contributed by atoms with van der Waals surface area (Å²) in [7, 11) is 1.48. The van der Waals surface area contributed by atoms with Gasteiger partial charge in [-0.05, 0) is 42.9 Å². The Kier molecular flexibility index (Phi) is 6.28. The summed E-state index contributed by atoms with van der Waals surface area (Å²) in [6.45, 7) is 2.53. The molecule has 4 heterocycles. The molecule has 2 saturated heterocycles. The standard InChI is InChI=1S/C21H21Cl3N4O3/c1-31-17-11-13(10-16(23)25-17)19(29)27-7-4-21(5-8-27)6-9-28(12-21)20(30)14-2-3-15(22)26-18(14)24/h2-3,10-11H,4-9,12H2,1H3. The average Bonchev–Trinajstić information content (AvgIpc) is 3.16. The number of carbonyl (C=O) groups excluding carboxylic acids is 2. The first-order valence-electron chi connectivity index (χ1n) is 9.92. The molecule has 0 unspecified atom stereocenters. The van der Waals surface area contributed by atoms with Gasteiger partial charge in [0.25, 0.3) is 11.8 Å². The maximum Gasteiger partial charge on any atom is 0.257 e. The predicted octanol–water partition coefficient (Wildman–Crippen LogP) is 4.21. The molecule has 1 spiro atoms. The molecule has 7 nitrogen and oxygen atoms in total. The van der Waals surface area contributed by atoms with E-state index in [-0.39, 0.29) is 32.7 Å². The normalized spacial score (nSPS) is 17.8. The number of halogens is 3. The zero-order chi connectivity index (χ0) is 22.2. The van der Waals surface area contributed by atoms with Crippen LogP contribution in [-0.4, -0.2) is 64.9 Å². The van der Waals surface area contributed by atoms with Crippen LogP contribution in [0.3, 0.4) is 0 Å². The molecule has 2 aliphatic rings. The van der Waals surface area contributed by atoms with Crippen LogP contribution >= 0.6 is 34.8 Å². The monoisotopic (exact) mass is 482 g/mol. The Labute approximate surface area is 195 Å². The molecule has 10 heteroatoms. The van der Waals surface area contributed by atoms with E-state index in [1.807, 2.05) is 9.80 Å². The second-order valence-electron chi connectivity index (χ2n) is 7.96. The van der Waals surface area contributed by atoms with Gasteiger partial charge < -0.3 is 14.5 Å². The number of rotatable bonds is 3. The second-order valence-corrected chi connectivity index (χ2v) is 9.09. The van der Waals surface area contributed by atoms with Crippen LogP contribution in [0.5, 0.6) is 5.88 Å². The van der Waals surface area contributed by atoms with E-state index in [0.717, 1.165) is 19.3 Å². The average molecular weight is 484 g/mol. The van der Waals surface area contributed by atoms with Crippen LogP contribution in [0.1, 0.15) is 40.0 Å². The molecular weight excluding hydrogens is 463 g/mol. The van der Waals surface area contributed by atoms with Crippen LogP contribution in [0.2, 0.25) is 15.5 Å². The quantitative estimate of drug-likeness (QED) is 0.611. The van der Waals surface area contributed by atoms with Crippen molar-refractivity contribution in [1.29, 1.82) is 0 Å². The van der Waals surface area contributed by atoms with E-state index < -0.39 is 0 Å². The molecule has 2 aliphatic heterocycles. The number of aromatic nitrogens is 2. The van der Waals surface area contributed by atoms with E-state index in [9.17, 15) is 9.59 Å². The molecule has 0 radical (unpaired) electrons. The molecule has 164 valence electrons. The fourth-order valence-corrected chi connectivity index (χ4v) is 4.95. The van der Waals surface area contributed by atoms with Gasteiger partial charge in [-0.3, -0.25) is 9.59 Å². The summed E-state index contributed by atoms with van der Waals surface area (Å²) < 4.78 is 5.11. The van der Waals surface area contributed by atoms with Crippen LogP contribution in [0.4, 0.5) is 0 Å². The van der Waals surface area contributed by atoms with Crippen molar-refractivity contribution in [1.82, 2.24) is 19.8 Å². The van der Waals surface area contributed by atoms with Crippen molar-refractivity contribution >= 4 is 46.6 Å². The zero-order valence-electron chi connectivity index (χ0n) is 16.9. The number of amides is 2. The summed E-state index contributed by atoms with van der Waals surface area (Å²) in [6, 6.07) is 6.33. The summed E-state index contributed by atoms with van der Waals surface area (Å²) in [5.74, 6) is 0.0788. The van der Waals surface area contributed by atoms with Crippen molar-refractivity contribution in [3.63, 3.8) is 0 Å². The van der Waals surface area contributed by atoms with Crippen molar-refractivity contribution in [2.45, 2.75) is 19.3 Å². The Morgan fingerprint density at radius 3 is 2.26 bits per heavy atom. The number of pyridine rings is 2. The highest BCUT2D eigenvalue weighted by atomic mass is 35.5. The highest BCUT2D eigenvalue weighted by Crippen LogP contribution is 2.41. The zero-order valence-corrected chi connectivity index (χ0v) is 19.2. The lowest BCUT2D eigenvalue weighted by molar-refractivity contribution is 0.0565. The topological polar surface area (TPSA) is 75.6 Å². The molecule has 2 amide bonds. The molecule has 0 atom stereocenters. The molecule has 2 aromatic rings. The van der Waals surface area contributed by atoms with Gasteiger partial charge in [0, 0.05) is 37.8 Å². The van der Waals surface area contributed by atoms with Crippen LogP contribution in [-0.2, 0) is 0 Å². The van der Waals surface area contributed by atoms with Crippen molar-refractivity contribution in [3.8, 4) is 5.88 Å². The van der Waals surface area contributed by atoms with Gasteiger partial charge in [0.2, 0.25) is 5.88 Å². The Balaban J connectivity index is 1.40. The van der Waals surface area contributed by atoms with Gasteiger partial charge in [0.05, 0.1) is 12.7 Å². The number of piperidine rings is 1. The lowest BCUT2D eigenvalue weighted by Gasteiger charge is -2.39. The summed E-state index contributed by atoms with van der Waals surface area (Å²) in [4.78, 5) is 37.5. The lowest BCUT2D eigenvalue weighted by Crippen LogP contribution is -2.44. The molecule has 31 heavy (non-hydrogen) atoms. The van der Waals surface area contributed by atoms with Crippen LogP contribution in [0, 0.1) is 5.41 Å². The molecule has 0 N–H and O–H groups in total. The number of nitrogens with zero attached hydrogens (tertiary/aromatic N) is 4. The molecular formula is C21H21Cl3N4O3. The van der Waals surface area contributed by atoms with Crippen LogP contribution < -0.4 is 4.74 Å². The summed E-state index contributed by atoms with van der Waals surface area (Å²) in [6.07, 6.45) is 2.55. The van der Waals surface area contributed by atoms with Gasteiger partial charge in [-0.1, -0.05) is 34.8 Å². The highest BCUT2D eigenvalue weighted by Gasteiger charge is 2.43. The predicted molar refractivity (Wildman–Crippen MR) is 118 cm³/mol. The highest BCUT2D eigenvalue weighted by molar-refractivity contribution is 6.34. The summed E-state index contributed by atoms with van der Waals surface area (Å²) in [5, 5.41) is 0.589. The van der Waals surface area contributed by atoms with Crippen molar-refractivity contribution < 1.29 is 14.3 Å². The third-order valence-electron chi connectivity index (χ3n) is 6.11. The Morgan fingerprint density at radius 2 is 1.61 bits per heavy atom. The van der Waals surface area contributed by atoms with E-state index in [4.69, 9.17) is 39.5 Å². The molecule has 0 aliphatic carbocycles. The number of hydrogen-bond donors (Lipinski definition) is 0. The molecule has 2 fully saturated rings. The second kappa shape index (κ2) is 8.81. The number of hydrogen-bond acceptors (Lipinski definition) is 5. The smallest absolute Gasteiger partial charge is 0.257 e. The van der Waals surface area contributed by atoms with Crippen LogP contribution in [0.15, 0.2) is 24.3 Å². The van der Waals surface area contributed by atoms with Crippen molar-refractivity contribution in [2.75, 3.05) is 33.3 Å². The first-order chi connectivity index (χ1) is 14.8.